The second-order valence-corrected chi connectivity index (χ2v) is 14.1. The predicted octanol–water partition coefficient (Wildman–Crippen LogP) is 5.22. The third-order valence-corrected chi connectivity index (χ3v) is 9.66. The summed E-state index contributed by atoms with van der Waals surface area (Å²) in [6, 6.07) is 7.74. The van der Waals surface area contributed by atoms with Crippen LogP contribution in [-0.2, 0) is 37.4 Å². The van der Waals surface area contributed by atoms with E-state index in [0.29, 0.717) is 62.0 Å². The number of alkyl halides is 6. The third kappa shape index (κ3) is 13.0. The van der Waals surface area contributed by atoms with Crippen molar-refractivity contribution < 1.29 is 59.4 Å². The van der Waals surface area contributed by atoms with Crippen LogP contribution in [0.3, 0.4) is 0 Å². The molecule has 1 aromatic carbocycles. The molecule has 0 unspecified atom stereocenters. The van der Waals surface area contributed by atoms with Gasteiger partial charge in [-0.3, -0.25) is 9.78 Å². The molecule has 1 fully saturated rings. The molecule has 290 valence electrons. The van der Waals surface area contributed by atoms with Gasteiger partial charge < -0.3 is 26.2 Å². The molecule has 2 aliphatic heterocycles. The maximum absolute atomic E-state index is 13.0. The first-order valence-corrected chi connectivity index (χ1v) is 17.0. The number of amides is 1. The maximum Gasteiger partial charge on any atom is 0.490 e. The highest BCUT2D eigenvalue weighted by Crippen LogP contribution is 2.30. The first-order chi connectivity index (χ1) is 24.6. The lowest BCUT2D eigenvalue weighted by Gasteiger charge is -2.32. The molecule has 0 spiro atoms. The first-order valence-electron chi connectivity index (χ1n) is 15.3. The third-order valence-electron chi connectivity index (χ3n) is 7.44. The number of aryl methyl sites for hydroxylation is 2. The summed E-state index contributed by atoms with van der Waals surface area (Å²) in [6.07, 6.45) is -2.08. The van der Waals surface area contributed by atoms with E-state index in [4.69, 9.17) is 31.4 Å². The zero-order chi connectivity index (χ0) is 39.7. The molecule has 0 atom stereocenters. The van der Waals surface area contributed by atoms with Crippen molar-refractivity contribution in [2.75, 3.05) is 43.1 Å². The number of aromatic nitrogens is 3. The minimum atomic E-state index is -5.08. The Kier molecular flexibility index (Phi) is 14.3. The number of halogens is 7. The van der Waals surface area contributed by atoms with E-state index in [1.54, 1.807) is 6.20 Å². The number of carboxylic acid groups (broad SMARTS) is 2. The fraction of sp³-hybridized carbons (Fsp3) is 0.400. The lowest BCUT2D eigenvalue weighted by molar-refractivity contribution is -0.193. The standard InChI is InChI=1S/C26H31ClN8O3S.2C2HF3O2/c1-34(2)39(37,38)35-9-7-17(8-10-35)12-24(36)32-23-6-5-20-13-19(23)4-3-18-11-21(15-28-14-18)31-26-29-16-22(27)25(30-20)33-26;2*3-2(4,5)1(6)7/h5-6,11,13-17H,3-4,7-10,12H2,1-2H3,(H,32,36)(H2,29,30,31,33);2*(H,6,7). The Bertz CT molecular complexity index is 1870. The number of anilines is 5. The summed E-state index contributed by atoms with van der Waals surface area (Å²) in [6.45, 7) is 0.832. The number of nitrogens with zero attached hydrogens (tertiary/aromatic N) is 5. The topological polar surface area (TPSA) is 207 Å². The molecule has 1 amide bonds. The summed E-state index contributed by atoms with van der Waals surface area (Å²) in [7, 11) is -0.364. The number of pyridine rings is 1. The van der Waals surface area contributed by atoms with Crippen LogP contribution in [0, 0.1) is 5.92 Å². The number of carbonyl (C=O) groups excluding carboxylic acids is 1. The number of fused-ring (bicyclic) bond motifs is 6. The van der Waals surface area contributed by atoms with Gasteiger partial charge in [0.2, 0.25) is 11.9 Å². The van der Waals surface area contributed by atoms with Crippen LogP contribution < -0.4 is 16.0 Å². The minimum Gasteiger partial charge on any atom is -0.475 e. The second-order valence-electron chi connectivity index (χ2n) is 11.6. The van der Waals surface area contributed by atoms with E-state index in [-0.39, 0.29) is 11.8 Å². The molecule has 0 radical (unpaired) electrons. The molecule has 1 saturated heterocycles. The van der Waals surface area contributed by atoms with Gasteiger partial charge in [-0.1, -0.05) is 11.6 Å². The number of nitrogens with one attached hydrogen (secondary N) is 3. The highest BCUT2D eigenvalue weighted by molar-refractivity contribution is 7.86. The number of aliphatic carboxylic acids is 2. The fourth-order valence-corrected chi connectivity index (χ4v) is 6.06. The van der Waals surface area contributed by atoms with Crippen molar-refractivity contribution in [1.29, 1.82) is 0 Å². The largest absolute Gasteiger partial charge is 0.490 e. The highest BCUT2D eigenvalue weighted by atomic mass is 35.5. The van der Waals surface area contributed by atoms with Crippen LogP contribution >= 0.6 is 11.6 Å². The molecule has 5 rings (SSSR count). The fourth-order valence-electron chi connectivity index (χ4n) is 4.79. The molecule has 0 aliphatic carbocycles. The van der Waals surface area contributed by atoms with Gasteiger partial charge >= 0.3 is 24.3 Å². The van der Waals surface area contributed by atoms with E-state index in [2.05, 4.69) is 30.9 Å². The quantitative estimate of drug-likeness (QED) is 0.211. The Labute approximate surface area is 303 Å². The molecule has 15 nitrogen and oxygen atoms in total. The van der Waals surface area contributed by atoms with E-state index in [9.17, 15) is 39.6 Å². The number of piperidine rings is 1. The molecule has 2 aromatic heterocycles. The van der Waals surface area contributed by atoms with Gasteiger partial charge in [-0.15, -0.1) is 0 Å². The van der Waals surface area contributed by atoms with E-state index >= 15 is 0 Å². The number of carboxylic acids is 2. The van der Waals surface area contributed by atoms with Crippen molar-refractivity contribution in [3.8, 4) is 0 Å². The Morgan fingerprint density at radius 1 is 0.943 bits per heavy atom. The van der Waals surface area contributed by atoms with Gasteiger partial charge in [0.05, 0.1) is 18.1 Å². The lowest BCUT2D eigenvalue weighted by atomic mass is 9.94. The van der Waals surface area contributed by atoms with E-state index < -0.39 is 34.5 Å². The van der Waals surface area contributed by atoms with E-state index in [0.717, 1.165) is 28.2 Å². The Balaban J connectivity index is 0.000000458. The average Bonchev–Trinajstić information content (AvgIpc) is 3.06. The van der Waals surface area contributed by atoms with Crippen molar-refractivity contribution in [3.63, 3.8) is 0 Å². The van der Waals surface area contributed by atoms with Crippen LogP contribution in [0.15, 0.2) is 42.9 Å². The van der Waals surface area contributed by atoms with Crippen molar-refractivity contribution in [1.82, 2.24) is 23.6 Å². The molecule has 2 aliphatic rings. The molecule has 6 bridgehead atoms. The van der Waals surface area contributed by atoms with E-state index in [1.807, 2.05) is 30.5 Å². The second kappa shape index (κ2) is 17.8. The summed E-state index contributed by atoms with van der Waals surface area (Å²) in [5, 5.41) is 24.2. The summed E-state index contributed by atoms with van der Waals surface area (Å²) >= 11 is 6.35. The molecule has 0 saturated carbocycles. The molecule has 5 N–H and O–H groups in total. The molecular formula is C30H33ClF6N8O7S. The van der Waals surface area contributed by atoms with Gasteiger partial charge in [0, 0.05) is 51.2 Å². The van der Waals surface area contributed by atoms with Crippen molar-refractivity contribution in [2.45, 2.75) is 44.5 Å². The van der Waals surface area contributed by atoms with Gasteiger partial charge in [-0.05, 0) is 67.0 Å². The maximum atomic E-state index is 13.0. The summed E-state index contributed by atoms with van der Waals surface area (Å²) in [4.78, 5) is 43.9. The van der Waals surface area contributed by atoms with Crippen LogP contribution in [0.5, 0.6) is 0 Å². The number of hydrogen-bond acceptors (Lipinski definition) is 10. The van der Waals surface area contributed by atoms with Crippen LogP contribution in [0.2, 0.25) is 5.02 Å². The average molecular weight is 799 g/mol. The van der Waals surface area contributed by atoms with Crippen molar-refractivity contribution in [3.05, 3.63) is 59.0 Å². The van der Waals surface area contributed by atoms with Gasteiger partial charge in [0.25, 0.3) is 10.2 Å². The summed E-state index contributed by atoms with van der Waals surface area (Å²) in [5.74, 6) is -4.61. The molecule has 4 heterocycles. The number of carbonyl (C=O) groups is 3. The molecule has 3 aromatic rings. The Hall–Kier alpha value is -4.80. The van der Waals surface area contributed by atoms with Crippen LogP contribution in [-0.4, -0.2) is 99.6 Å². The summed E-state index contributed by atoms with van der Waals surface area (Å²) < 4.78 is 91.0. The molecule has 23 heteroatoms. The smallest absolute Gasteiger partial charge is 0.475 e. The zero-order valence-corrected chi connectivity index (χ0v) is 29.4. The van der Waals surface area contributed by atoms with Crippen LogP contribution in [0.1, 0.15) is 30.4 Å². The van der Waals surface area contributed by atoms with Gasteiger partial charge in [0.1, 0.15) is 5.02 Å². The van der Waals surface area contributed by atoms with Crippen molar-refractivity contribution in [2.24, 2.45) is 5.92 Å². The minimum absolute atomic E-state index is 0.0832. The number of benzene rings is 1. The number of rotatable bonds is 5. The lowest BCUT2D eigenvalue weighted by Crippen LogP contribution is -2.44. The first kappa shape index (κ1) is 42.6. The summed E-state index contributed by atoms with van der Waals surface area (Å²) in [5.41, 5.74) is 4.29. The molecular weight excluding hydrogens is 766 g/mol. The monoisotopic (exact) mass is 798 g/mol. The normalized spacial score (nSPS) is 15.0. The van der Waals surface area contributed by atoms with Crippen LogP contribution in [0.25, 0.3) is 0 Å². The molecule has 53 heavy (non-hydrogen) atoms. The highest BCUT2D eigenvalue weighted by Gasteiger charge is 2.39. The SMILES string of the molecule is CN(C)S(=O)(=O)N1CCC(CC(=O)Nc2ccc3cc2CCc2cncc(c2)Nc2ncc(Cl)c(n2)N3)CC1.O=C(O)C(F)(F)F.O=C(O)C(F)(F)F. The van der Waals surface area contributed by atoms with Crippen molar-refractivity contribution >= 4 is 68.5 Å². The predicted molar refractivity (Wildman–Crippen MR) is 179 cm³/mol. The van der Waals surface area contributed by atoms with Gasteiger partial charge in [-0.2, -0.15) is 48.4 Å². The van der Waals surface area contributed by atoms with E-state index in [1.165, 1.54) is 28.9 Å². The van der Waals surface area contributed by atoms with Crippen LogP contribution in [0.4, 0.5) is 55.2 Å². The van der Waals surface area contributed by atoms with Gasteiger partial charge in [0.15, 0.2) is 5.82 Å². The van der Waals surface area contributed by atoms with Gasteiger partial charge in [-0.25, -0.2) is 14.6 Å². The Morgan fingerprint density at radius 2 is 1.55 bits per heavy atom. The zero-order valence-electron chi connectivity index (χ0n) is 27.8. The number of hydrogen-bond donors (Lipinski definition) is 5. The Morgan fingerprint density at radius 3 is 2.11 bits per heavy atom.